The molecule has 0 bridgehead atoms. The van der Waals surface area contributed by atoms with Gasteiger partial charge < -0.3 is 20.6 Å². The van der Waals surface area contributed by atoms with Crippen LogP contribution >= 0.6 is 0 Å². The number of urea groups is 1. The number of aromatic carboxylic acids is 1. The van der Waals surface area contributed by atoms with Gasteiger partial charge in [0.25, 0.3) is 0 Å². The first kappa shape index (κ1) is 18.7. The number of benzene rings is 1. The highest BCUT2D eigenvalue weighted by atomic mass is 16.4. The minimum atomic E-state index is -0.943. The van der Waals surface area contributed by atoms with Gasteiger partial charge in [0, 0.05) is 32.2 Å². The first-order valence-corrected chi connectivity index (χ1v) is 9.69. The molecule has 0 atom stereocenters. The molecule has 1 aliphatic carbocycles. The average molecular weight is 359 g/mol. The average Bonchev–Trinajstić information content (AvgIpc) is 3.15. The molecule has 6 nitrogen and oxygen atoms in total. The van der Waals surface area contributed by atoms with Crippen molar-refractivity contribution < 1.29 is 14.7 Å². The van der Waals surface area contributed by atoms with Gasteiger partial charge in [0.1, 0.15) is 0 Å². The van der Waals surface area contributed by atoms with Crippen LogP contribution in [0, 0.1) is 5.92 Å². The van der Waals surface area contributed by atoms with Crippen LogP contribution in [0.2, 0.25) is 0 Å². The smallest absolute Gasteiger partial charge is 0.335 e. The number of hydrogen-bond donors (Lipinski definition) is 3. The summed E-state index contributed by atoms with van der Waals surface area (Å²) in [5, 5.41) is 14.8. The number of carboxylic acid groups (broad SMARTS) is 1. The first-order valence-electron chi connectivity index (χ1n) is 9.69. The molecule has 2 amide bonds. The van der Waals surface area contributed by atoms with Crippen molar-refractivity contribution in [3.63, 3.8) is 0 Å². The third kappa shape index (κ3) is 5.46. The lowest BCUT2D eigenvalue weighted by atomic mass is 10.0. The summed E-state index contributed by atoms with van der Waals surface area (Å²) < 4.78 is 0. The van der Waals surface area contributed by atoms with Gasteiger partial charge in [-0.3, -0.25) is 0 Å². The minimum absolute atomic E-state index is 0.151. The quantitative estimate of drug-likeness (QED) is 0.729. The highest BCUT2D eigenvalue weighted by molar-refractivity contribution is 5.87. The van der Waals surface area contributed by atoms with E-state index in [1.165, 1.54) is 32.2 Å². The Bertz CT molecular complexity index is 603. The lowest BCUT2D eigenvalue weighted by molar-refractivity contribution is 0.0697. The Morgan fingerprint density at radius 3 is 2.31 bits per heavy atom. The molecule has 1 saturated carbocycles. The number of carbonyl (C=O) groups excluding carboxylic acids is 1. The van der Waals surface area contributed by atoms with Gasteiger partial charge >= 0.3 is 12.0 Å². The van der Waals surface area contributed by atoms with Crippen molar-refractivity contribution in [3.05, 3.63) is 35.4 Å². The Kier molecular flexibility index (Phi) is 6.50. The molecule has 1 aliphatic heterocycles. The number of rotatable bonds is 6. The van der Waals surface area contributed by atoms with Gasteiger partial charge in [-0.15, -0.1) is 0 Å². The predicted octanol–water partition coefficient (Wildman–Crippen LogP) is 2.84. The van der Waals surface area contributed by atoms with Crippen LogP contribution in [0.5, 0.6) is 0 Å². The number of likely N-dealkylation sites (tertiary alicyclic amines) is 1. The van der Waals surface area contributed by atoms with Gasteiger partial charge in [-0.05, 0) is 49.3 Å². The molecule has 0 radical (unpaired) electrons. The Balaban J connectivity index is 1.34. The maximum absolute atomic E-state index is 12.1. The summed E-state index contributed by atoms with van der Waals surface area (Å²) in [5.41, 5.74) is 1.14. The third-order valence-electron chi connectivity index (χ3n) is 5.57. The van der Waals surface area contributed by atoms with Crippen molar-refractivity contribution >= 4 is 12.0 Å². The first-order chi connectivity index (χ1) is 12.6. The van der Waals surface area contributed by atoms with Gasteiger partial charge in [-0.1, -0.05) is 25.0 Å². The number of piperidine rings is 1. The van der Waals surface area contributed by atoms with Crippen molar-refractivity contribution in [1.82, 2.24) is 15.5 Å². The number of amides is 2. The summed E-state index contributed by atoms with van der Waals surface area (Å²) in [6, 6.07) is 6.65. The zero-order chi connectivity index (χ0) is 18.4. The van der Waals surface area contributed by atoms with E-state index in [0.29, 0.717) is 6.54 Å². The highest BCUT2D eigenvalue weighted by Crippen LogP contribution is 2.26. The maximum Gasteiger partial charge on any atom is 0.335 e. The molecule has 2 fully saturated rings. The summed E-state index contributed by atoms with van der Waals surface area (Å²) in [5.74, 6) is -0.0585. The topological polar surface area (TPSA) is 81.7 Å². The van der Waals surface area contributed by atoms with Gasteiger partial charge in [0.15, 0.2) is 0 Å². The fourth-order valence-corrected chi connectivity index (χ4v) is 4.00. The number of carboxylic acids is 1. The van der Waals surface area contributed by atoms with Gasteiger partial charge in [0.2, 0.25) is 0 Å². The van der Waals surface area contributed by atoms with Crippen LogP contribution in [0.4, 0.5) is 4.79 Å². The van der Waals surface area contributed by atoms with E-state index >= 15 is 0 Å². The van der Waals surface area contributed by atoms with Crippen LogP contribution in [0.15, 0.2) is 24.3 Å². The van der Waals surface area contributed by atoms with E-state index in [2.05, 4.69) is 15.5 Å². The number of nitrogens with zero attached hydrogens (tertiary/aromatic N) is 1. The number of nitrogens with one attached hydrogen (secondary N) is 2. The number of hydrogen-bond acceptors (Lipinski definition) is 3. The van der Waals surface area contributed by atoms with E-state index in [-0.39, 0.29) is 17.6 Å². The van der Waals surface area contributed by atoms with E-state index in [1.807, 2.05) is 0 Å². The molecule has 1 saturated heterocycles. The monoisotopic (exact) mass is 359 g/mol. The Morgan fingerprint density at radius 1 is 1.04 bits per heavy atom. The van der Waals surface area contributed by atoms with Crippen molar-refractivity contribution in [2.75, 3.05) is 19.6 Å². The molecular formula is C20H29N3O3. The van der Waals surface area contributed by atoms with Crippen molar-refractivity contribution in [3.8, 4) is 0 Å². The standard InChI is InChI=1S/C20H29N3O3/c24-19(25)17-7-5-15(6-8-17)13-21-20(26)22-18-9-11-23(12-10-18)14-16-3-1-2-4-16/h5-8,16,18H,1-4,9-14H2,(H,24,25)(H2,21,22,26). The van der Waals surface area contributed by atoms with E-state index in [9.17, 15) is 9.59 Å². The zero-order valence-corrected chi connectivity index (χ0v) is 15.2. The molecule has 3 rings (SSSR count). The van der Waals surface area contributed by atoms with Crippen LogP contribution in [0.25, 0.3) is 0 Å². The maximum atomic E-state index is 12.1. The number of carbonyl (C=O) groups is 2. The van der Waals surface area contributed by atoms with E-state index in [0.717, 1.165) is 37.4 Å². The van der Waals surface area contributed by atoms with Gasteiger partial charge in [-0.25, -0.2) is 9.59 Å². The molecule has 26 heavy (non-hydrogen) atoms. The Hall–Kier alpha value is -2.08. The summed E-state index contributed by atoms with van der Waals surface area (Å²) in [4.78, 5) is 25.5. The highest BCUT2D eigenvalue weighted by Gasteiger charge is 2.24. The van der Waals surface area contributed by atoms with E-state index < -0.39 is 5.97 Å². The van der Waals surface area contributed by atoms with E-state index in [4.69, 9.17) is 5.11 Å². The molecule has 1 aromatic carbocycles. The molecule has 142 valence electrons. The lowest BCUT2D eigenvalue weighted by Gasteiger charge is -2.33. The fraction of sp³-hybridized carbons (Fsp3) is 0.600. The Labute approximate surface area is 155 Å². The zero-order valence-electron chi connectivity index (χ0n) is 15.2. The fourth-order valence-electron chi connectivity index (χ4n) is 4.00. The Morgan fingerprint density at radius 2 is 1.69 bits per heavy atom. The summed E-state index contributed by atoms with van der Waals surface area (Å²) >= 11 is 0. The summed E-state index contributed by atoms with van der Waals surface area (Å²) in [7, 11) is 0. The largest absolute Gasteiger partial charge is 0.478 e. The molecular weight excluding hydrogens is 330 g/mol. The second-order valence-corrected chi connectivity index (χ2v) is 7.55. The molecule has 2 aliphatic rings. The van der Waals surface area contributed by atoms with Crippen molar-refractivity contribution in [1.29, 1.82) is 0 Å². The van der Waals surface area contributed by atoms with Crippen LogP contribution in [0.3, 0.4) is 0 Å². The van der Waals surface area contributed by atoms with Crippen LogP contribution in [-0.4, -0.2) is 47.7 Å². The SMILES string of the molecule is O=C(NCc1ccc(C(=O)O)cc1)NC1CCN(CC2CCCC2)CC1. The second kappa shape index (κ2) is 9.03. The van der Waals surface area contributed by atoms with Crippen LogP contribution < -0.4 is 10.6 Å². The molecule has 1 heterocycles. The predicted molar refractivity (Wildman–Crippen MR) is 100 cm³/mol. The molecule has 0 aromatic heterocycles. The molecule has 1 aromatic rings. The molecule has 6 heteroatoms. The minimum Gasteiger partial charge on any atom is -0.478 e. The van der Waals surface area contributed by atoms with E-state index in [1.54, 1.807) is 24.3 Å². The second-order valence-electron chi connectivity index (χ2n) is 7.55. The molecule has 3 N–H and O–H groups in total. The van der Waals surface area contributed by atoms with Crippen LogP contribution in [0.1, 0.15) is 54.4 Å². The summed E-state index contributed by atoms with van der Waals surface area (Å²) in [6.07, 6.45) is 7.56. The summed E-state index contributed by atoms with van der Waals surface area (Å²) in [6.45, 7) is 3.76. The van der Waals surface area contributed by atoms with Crippen LogP contribution in [-0.2, 0) is 6.54 Å². The molecule has 0 unspecified atom stereocenters. The van der Waals surface area contributed by atoms with Gasteiger partial charge in [-0.2, -0.15) is 0 Å². The van der Waals surface area contributed by atoms with Gasteiger partial charge in [0.05, 0.1) is 5.56 Å². The molecule has 0 spiro atoms. The van der Waals surface area contributed by atoms with Crippen molar-refractivity contribution in [2.24, 2.45) is 5.92 Å². The third-order valence-corrected chi connectivity index (χ3v) is 5.57. The van der Waals surface area contributed by atoms with Crippen molar-refractivity contribution in [2.45, 2.75) is 51.1 Å². The lowest BCUT2D eigenvalue weighted by Crippen LogP contribution is -2.48. The normalized spacial score (nSPS) is 19.4.